The molecule has 0 unspecified atom stereocenters. The van der Waals surface area contributed by atoms with Crippen molar-refractivity contribution in [2.24, 2.45) is 0 Å². The number of carbonyl (C=O) groups excluding carboxylic acids is 2. The molecule has 0 aromatic carbocycles. The Labute approximate surface area is 115 Å². The molecule has 0 N–H and O–H groups in total. The van der Waals surface area contributed by atoms with Crippen LogP contribution in [0, 0.1) is 0 Å². The molecule has 0 bridgehead atoms. The monoisotopic (exact) mass is 265 g/mol. The predicted octanol–water partition coefficient (Wildman–Crippen LogP) is 3.46. The summed E-state index contributed by atoms with van der Waals surface area (Å²) in [6.45, 7) is 11.4. The van der Waals surface area contributed by atoms with Crippen LogP contribution in [0.15, 0.2) is 36.5 Å². The number of hydrogen-bond donors (Lipinski definition) is 0. The standard InChI is InChI=1S/C13H17NO3.C2H6/c1-4-6-7-8-10(3)11-9-17-13(16)14(11)12(15)5-2;1-2/h4,6-8,11H,1,5,9H2,2-3H3;1-2H3/b7-6-,10-8+;/t11-;/m1./s1. The topological polar surface area (TPSA) is 46.6 Å². The molecule has 4 nitrogen and oxygen atoms in total. The second-order valence-corrected chi connectivity index (χ2v) is 3.74. The summed E-state index contributed by atoms with van der Waals surface area (Å²) >= 11 is 0. The van der Waals surface area contributed by atoms with Crippen molar-refractivity contribution in [1.29, 1.82) is 0 Å². The summed E-state index contributed by atoms with van der Waals surface area (Å²) in [7, 11) is 0. The number of ether oxygens (including phenoxy) is 1. The van der Waals surface area contributed by atoms with E-state index < -0.39 is 6.09 Å². The molecule has 0 saturated carbocycles. The van der Waals surface area contributed by atoms with Gasteiger partial charge in [-0.25, -0.2) is 9.69 Å². The fourth-order valence-electron chi connectivity index (χ4n) is 1.60. The van der Waals surface area contributed by atoms with Crippen LogP contribution in [-0.2, 0) is 9.53 Å². The molecule has 0 aliphatic carbocycles. The fourth-order valence-corrected chi connectivity index (χ4v) is 1.60. The van der Waals surface area contributed by atoms with Gasteiger partial charge in [0.25, 0.3) is 0 Å². The maximum absolute atomic E-state index is 11.6. The Morgan fingerprint density at radius 2 is 2.11 bits per heavy atom. The van der Waals surface area contributed by atoms with Gasteiger partial charge in [-0.15, -0.1) is 0 Å². The Hall–Kier alpha value is -1.84. The van der Waals surface area contributed by atoms with Crippen LogP contribution in [0.5, 0.6) is 0 Å². The third kappa shape index (κ3) is 4.73. The zero-order valence-electron chi connectivity index (χ0n) is 12.2. The molecule has 1 rings (SSSR count). The summed E-state index contributed by atoms with van der Waals surface area (Å²) < 4.78 is 4.91. The number of carbonyl (C=O) groups is 2. The van der Waals surface area contributed by atoms with Crippen LogP contribution in [0.2, 0.25) is 0 Å². The van der Waals surface area contributed by atoms with Crippen molar-refractivity contribution in [3.63, 3.8) is 0 Å². The van der Waals surface area contributed by atoms with Crippen molar-refractivity contribution >= 4 is 12.0 Å². The van der Waals surface area contributed by atoms with E-state index in [0.717, 1.165) is 5.57 Å². The van der Waals surface area contributed by atoms with E-state index >= 15 is 0 Å². The van der Waals surface area contributed by atoms with Gasteiger partial charge in [0.2, 0.25) is 5.91 Å². The van der Waals surface area contributed by atoms with Gasteiger partial charge in [0.1, 0.15) is 6.61 Å². The summed E-state index contributed by atoms with van der Waals surface area (Å²) in [5.74, 6) is -0.210. The van der Waals surface area contributed by atoms with Gasteiger partial charge in [0.05, 0.1) is 6.04 Å². The maximum Gasteiger partial charge on any atom is 0.417 e. The predicted molar refractivity (Wildman–Crippen MR) is 76.7 cm³/mol. The van der Waals surface area contributed by atoms with Crippen LogP contribution >= 0.6 is 0 Å². The lowest BCUT2D eigenvalue weighted by Gasteiger charge is -2.19. The van der Waals surface area contributed by atoms with Gasteiger partial charge in [0.15, 0.2) is 0 Å². The molecule has 2 amide bonds. The number of nitrogens with zero attached hydrogens (tertiary/aromatic N) is 1. The normalized spacial score (nSPS) is 18.9. The average molecular weight is 265 g/mol. The van der Waals surface area contributed by atoms with Gasteiger partial charge in [-0.1, -0.05) is 51.7 Å². The summed E-state index contributed by atoms with van der Waals surface area (Å²) in [5, 5.41) is 0. The van der Waals surface area contributed by atoms with Crippen molar-refractivity contribution in [2.75, 3.05) is 6.61 Å². The molecular formula is C15H23NO3. The summed E-state index contributed by atoms with van der Waals surface area (Å²) in [6.07, 6.45) is 6.86. The summed E-state index contributed by atoms with van der Waals surface area (Å²) in [6, 6.07) is -0.288. The SMILES string of the molecule is C=C/C=C\C=C(/C)[C@H]1COC(=O)N1C(=O)CC.CC. The van der Waals surface area contributed by atoms with Crippen LogP contribution in [0.25, 0.3) is 0 Å². The van der Waals surface area contributed by atoms with Gasteiger partial charge >= 0.3 is 6.09 Å². The third-order valence-electron chi connectivity index (χ3n) is 2.58. The molecule has 1 fully saturated rings. The highest BCUT2D eigenvalue weighted by atomic mass is 16.6. The molecule has 0 aromatic heterocycles. The van der Waals surface area contributed by atoms with E-state index in [1.807, 2.05) is 32.9 Å². The second kappa shape index (κ2) is 9.14. The van der Waals surface area contributed by atoms with Crippen LogP contribution in [0.4, 0.5) is 4.79 Å². The van der Waals surface area contributed by atoms with Crippen LogP contribution in [0.3, 0.4) is 0 Å². The van der Waals surface area contributed by atoms with E-state index in [0.29, 0.717) is 6.42 Å². The smallest absolute Gasteiger partial charge is 0.417 e. The van der Waals surface area contributed by atoms with Gasteiger partial charge in [-0.2, -0.15) is 0 Å². The first kappa shape index (κ1) is 17.2. The molecule has 1 atom stereocenters. The molecule has 106 valence electrons. The summed E-state index contributed by atoms with van der Waals surface area (Å²) in [5.41, 5.74) is 0.913. The zero-order valence-corrected chi connectivity index (χ0v) is 12.2. The highest BCUT2D eigenvalue weighted by Gasteiger charge is 2.37. The van der Waals surface area contributed by atoms with Crippen molar-refractivity contribution in [3.8, 4) is 0 Å². The molecule has 1 aliphatic heterocycles. The molecular weight excluding hydrogens is 242 g/mol. The molecule has 1 aliphatic rings. The minimum absolute atomic E-state index is 0.210. The van der Waals surface area contributed by atoms with Crippen LogP contribution in [-0.4, -0.2) is 29.5 Å². The first-order valence-electron chi connectivity index (χ1n) is 6.56. The molecule has 4 heteroatoms. The quantitative estimate of drug-likeness (QED) is 0.731. The lowest BCUT2D eigenvalue weighted by atomic mass is 10.1. The summed E-state index contributed by atoms with van der Waals surface area (Å²) in [4.78, 5) is 24.3. The minimum Gasteiger partial charge on any atom is -0.447 e. The first-order chi connectivity index (χ1) is 9.11. The number of hydrogen-bond acceptors (Lipinski definition) is 3. The Morgan fingerprint density at radius 3 is 2.63 bits per heavy atom. The Bertz CT molecular complexity index is 383. The first-order valence-corrected chi connectivity index (χ1v) is 6.56. The second-order valence-electron chi connectivity index (χ2n) is 3.74. The van der Waals surface area contributed by atoms with Crippen molar-refractivity contribution in [2.45, 2.75) is 40.2 Å². The fraction of sp³-hybridized carbons (Fsp3) is 0.467. The van der Waals surface area contributed by atoms with Gasteiger partial charge < -0.3 is 4.74 Å². The maximum atomic E-state index is 11.6. The van der Waals surface area contributed by atoms with Crippen LogP contribution < -0.4 is 0 Å². The van der Waals surface area contributed by atoms with Gasteiger partial charge in [-0.3, -0.25) is 4.79 Å². The number of allylic oxidation sites excluding steroid dienone is 4. The number of imide groups is 1. The van der Waals surface area contributed by atoms with E-state index in [4.69, 9.17) is 4.74 Å². The average Bonchev–Trinajstić information content (AvgIpc) is 2.82. The van der Waals surface area contributed by atoms with Gasteiger partial charge in [0, 0.05) is 6.42 Å². The van der Waals surface area contributed by atoms with E-state index in [1.165, 1.54) is 4.90 Å². The van der Waals surface area contributed by atoms with E-state index in [2.05, 4.69) is 6.58 Å². The van der Waals surface area contributed by atoms with E-state index in [1.54, 1.807) is 19.1 Å². The Balaban J connectivity index is 0.00000154. The number of cyclic esters (lactones) is 1. The molecule has 0 radical (unpaired) electrons. The highest BCUT2D eigenvalue weighted by molar-refractivity contribution is 5.93. The molecule has 1 heterocycles. The largest absolute Gasteiger partial charge is 0.447 e. The van der Waals surface area contributed by atoms with Crippen molar-refractivity contribution in [1.82, 2.24) is 4.90 Å². The highest BCUT2D eigenvalue weighted by Crippen LogP contribution is 2.20. The molecule has 0 spiro atoms. The van der Waals surface area contributed by atoms with Crippen molar-refractivity contribution < 1.29 is 14.3 Å². The van der Waals surface area contributed by atoms with E-state index in [9.17, 15) is 9.59 Å². The zero-order chi connectivity index (χ0) is 14.8. The molecule has 19 heavy (non-hydrogen) atoms. The lowest BCUT2D eigenvalue weighted by Crippen LogP contribution is -2.39. The van der Waals surface area contributed by atoms with Crippen molar-refractivity contribution in [3.05, 3.63) is 36.5 Å². The number of amides is 2. The van der Waals surface area contributed by atoms with E-state index in [-0.39, 0.29) is 18.6 Å². The minimum atomic E-state index is -0.553. The third-order valence-corrected chi connectivity index (χ3v) is 2.58. The molecule has 0 aromatic rings. The van der Waals surface area contributed by atoms with Gasteiger partial charge in [-0.05, 0) is 12.5 Å². The number of rotatable bonds is 4. The Morgan fingerprint density at radius 1 is 1.47 bits per heavy atom. The van der Waals surface area contributed by atoms with Crippen LogP contribution in [0.1, 0.15) is 34.1 Å². The lowest BCUT2D eigenvalue weighted by molar-refractivity contribution is -0.128. The molecule has 1 saturated heterocycles. The Kier molecular flexibility index (Phi) is 8.25.